The molecule has 0 aromatic heterocycles. The molecule has 20 heavy (non-hydrogen) atoms. The highest BCUT2D eigenvalue weighted by atomic mass is 35.5. The number of anilines is 1. The fourth-order valence-electron chi connectivity index (χ4n) is 1.40. The molecule has 0 spiro atoms. The minimum atomic E-state index is -1.23. The Balaban J connectivity index is 2.97. The molecule has 6 nitrogen and oxygen atoms in total. The molecule has 0 heterocycles. The standard InChI is InChI=1S/C12H14Cl2N2O4/c1-16(3-4-20-2)12(19)15-10-8(11(17)18)5-7(13)6-9(10)14/h5-6H,3-4H2,1-2H3,(H,15,19)(H,17,18). The van der Waals surface area contributed by atoms with Crippen molar-refractivity contribution < 1.29 is 19.4 Å². The highest BCUT2D eigenvalue weighted by Crippen LogP contribution is 2.30. The number of carboxylic acids is 1. The van der Waals surface area contributed by atoms with Gasteiger partial charge in [-0.25, -0.2) is 9.59 Å². The molecule has 110 valence electrons. The van der Waals surface area contributed by atoms with Gasteiger partial charge in [-0.05, 0) is 12.1 Å². The highest BCUT2D eigenvalue weighted by molar-refractivity contribution is 6.37. The van der Waals surface area contributed by atoms with Crippen LogP contribution in [0.1, 0.15) is 10.4 Å². The van der Waals surface area contributed by atoms with E-state index in [1.165, 1.54) is 24.1 Å². The van der Waals surface area contributed by atoms with E-state index in [4.69, 9.17) is 33.0 Å². The van der Waals surface area contributed by atoms with E-state index in [1.807, 2.05) is 0 Å². The van der Waals surface area contributed by atoms with Crippen LogP contribution in [0.25, 0.3) is 0 Å². The van der Waals surface area contributed by atoms with Crippen molar-refractivity contribution in [3.63, 3.8) is 0 Å². The van der Waals surface area contributed by atoms with Crippen LogP contribution in [0, 0.1) is 0 Å². The quantitative estimate of drug-likeness (QED) is 0.874. The van der Waals surface area contributed by atoms with Gasteiger partial charge in [-0.1, -0.05) is 23.2 Å². The average molecular weight is 321 g/mol. The third kappa shape index (κ3) is 4.26. The lowest BCUT2D eigenvalue weighted by molar-refractivity contribution is 0.0698. The second-order valence-electron chi connectivity index (χ2n) is 3.96. The Morgan fingerprint density at radius 1 is 1.40 bits per heavy atom. The maximum Gasteiger partial charge on any atom is 0.337 e. The summed E-state index contributed by atoms with van der Waals surface area (Å²) >= 11 is 11.7. The van der Waals surface area contributed by atoms with Crippen molar-refractivity contribution in [2.24, 2.45) is 0 Å². The number of ether oxygens (including phenoxy) is 1. The molecular formula is C12H14Cl2N2O4. The van der Waals surface area contributed by atoms with E-state index >= 15 is 0 Å². The lowest BCUT2D eigenvalue weighted by atomic mass is 10.2. The van der Waals surface area contributed by atoms with Crippen LogP contribution < -0.4 is 5.32 Å². The van der Waals surface area contributed by atoms with Gasteiger partial charge in [0.1, 0.15) is 0 Å². The minimum Gasteiger partial charge on any atom is -0.478 e. The second kappa shape index (κ2) is 7.33. The fourth-order valence-corrected chi connectivity index (χ4v) is 1.94. The van der Waals surface area contributed by atoms with E-state index in [1.54, 1.807) is 7.05 Å². The summed E-state index contributed by atoms with van der Waals surface area (Å²) in [5, 5.41) is 11.8. The van der Waals surface area contributed by atoms with Gasteiger partial charge in [0.05, 0.1) is 22.9 Å². The lowest BCUT2D eigenvalue weighted by Crippen LogP contribution is -2.34. The molecule has 0 saturated carbocycles. The predicted molar refractivity (Wildman–Crippen MR) is 76.9 cm³/mol. The van der Waals surface area contributed by atoms with Crippen molar-refractivity contribution in [1.82, 2.24) is 4.90 Å². The molecule has 2 N–H and O–H groups in total. The van der Waals surface area contributed by atoms with Crippen LogP contribution in [-0.2, 0) is 4.74 Å². The van der Waals surface area contributed by atoms with Crippen molar-refractivity contribution in [3.8, 4) is 0 Å². The Labute approximate surface area is 126 Å². The molecule has 0 radical (unpaired) electrons. The summed E-state index contributed by atoms with van der Waals surface area (Å²) < 4.78 is 4.85. The number of aromatic carboxylic acids is 1. The van der Waals surface area contributed by atoms with Crippen LogP contribution in [-0.4, -0.2) is 49.3 Å². The van der Waals surface area contributed by atoms with E-state index in [2.05, 4.69) is 5.32 Å². The molecule has 1 rings (SSSR count). The third-order valence-corrected chi connectivity index (χ3v) is 3.01. The SMILES string of the molecule is COCCN(C)C(=O)Nc1c(Cl)cc(Cl)cc1C(=O)O. The second-order valence-corrected chi connectivity index (χ2v) is 4.80. The molecule has 0 atom stereocenters. The lowest BCUT2D eigenvalue weighted by Gasteiger charge is -2.19. The van der Waals surface area contributed by atoms with Crippen LogP contribution in [0.2, 0.25) is 10.0 Å². The number of rotatable bonds is 5. The Hall–Kier alpha value is -1.50. The van der Waals surface area contributed by atoms with Crippen LogP contribution >= 0.6 is 23.2 Å². The maximum absolute atomic E-state index is 11.9. The number of benzene rings is 1. The number of halogens is 2. The zero-order valence-corrected chi connectivity index (χ0v) is 12.5. The number of urea groups is 1. The summed E-state index contributed by atoms with van der Waals surface area (Å²) in [5.41, 5.74) is -0.158. The number of carboxylic acid groups (broad SMARTS) is 1. The van der Waals surface area contributed by atoms with Gasteiger partial charge in [0, 0.05) is 25.7 Å². The maximum atomic E-state index is 11.9. The van der Waals surface area contributed by atoms with Gasteiger partial charge < -0.3 is 20.1 Å². The summed E-state index contributed by atoms with van der Waals surface area (Å²) in [5.74, 6) is -1.23. The van der Waals surface area contributed by atoms with Gasteiger partial charge in [-0.2, -0.15) is 0 Å². The van der Waals surface area contributed by atoms with Gasteiger partial charge in [0.25, 0.3) is 0 Å². The molecule has 0 aliphatic heterocycles. The zero-order chi connectivity index (χ0) is 15.3. The molecule has 8 heteroatoms. The normalized spacial score (nSPS) is 10.2. The monoisotopic (exact) mass is 320 g/mol. The van der Waals surface area contributed by atoms with E-state index < -0.39 is 12.0 Å². The number of carbonyl (C=O) groups is 2. The molecule has 0 saturated heterocycles. The van der Waals surface area contributed by atoms with E-state index in [0.29, 0.717) is 13.2 Å². The number of nitrogens with zero attached hydrogens (tertiary/aromatic N) is 1. The summed E-state index contributed by atoms with van der Waals surface area (Å²) in [4.78, 5) is 24.4. The fraction of sp³-hybridized carbons (Fsp3) is 0.333. The van der Waals surface area contributed by atoms with Crippen LogP contribution in [0.5, 0.6) is 0 Å². The summed E-state index contributed by atoms with van der Waals surface area (Å²) in [6.07, 6.45) is 0. The number of likely N-dealkylation sites (N-methyl/N-ethyl adjacent to an activating group) is 1. The number of carbonyl (C=O) groups excluding carboxylic acids is 1. The number of methoxy groups -OCH3 is 1. The molecule has 0 aliphatic rings. The van der Waals surface area contributed by atoms with E-state index in [9.17, 15) is 9.59 Å². The Kier molecular flexibility index (Phi) is 6.06. The van der Waals surface area contributed by atoms with Crippen LogP contribution in [0.4, 0.5) is 10.5 Å². The van der Waals surface area contributed by atoms with Crippen molar-refractivity contribution in [2.45, 2.75) is 0 Å². The zero-order valence-electron chi connectivity index (χ0n) is 10.9. The molecule has 0 unspecified atom stereocenters. The summed E-state index contributed by atoms with van der Waals surface area (Å²) in [6.45, 7) is 0.722. The smallest absolute Gasteiger partial charge is 0.337 e. The van der Waals surface area contributed by atoms with Gasteiger partial charge in [-0.3, -0.25) is 0 Å². The first-order chi connectivity index (χ1) is 9.36. The van der Waals surface area contributed by atoms with Gasteiger partial charge in [0.2, 0.25) is 0 Å². The molecule has 0 bridgehead atoms. The Morgan fingerprint density at radius 3 is 2.60 bits per heavy atom. The Morgan fingerprint density at radius 2 is 2.05 bits per heavy atom. The van der Waals surface area contributed by atoms with Gasteiger partial charge in [0.15, 0.2) is 0 Å². The van der Waals surface area contributed by atoms with Crippen molar-refractivity contribution in [3.05, 3.63) is 27.7 Å². The number of hydrogen-bond acceptors (Lipinski definition) is 3. The highest BCUT2D eigenvalue weighted by Gasteiger charge is 2.18. The summed E-state index contributed by atoms with van der Waals surface area (Å²) in [7, 11) is 3.07. The topological polar surface area (TPSA) is 78.9 Å². The molecule has 2 amide bonds. The van der Waals surface area contributed by atoms with Crippen molar-refractivity contribution >= 4 is 40.9 Å². The molecule has 0 fully saturated rings. The first-order valence-electron chi connectivity index (χ1n) is 5.60. The largest absolute Gasteiger partial charge is 0.478 e. The third-order valence-electron chi connectivity index (χ3n) is 2.49. The minimum absolute atomic E-state index is 0.0119. The molecule has 0 aliphatic carbocycles. The number of amides is 2. The van der Waals surface area contributed by atoms with Crippen molar-refractivity contribution in [1.29, 1.82) is 0 Å². The van der Waals surface area contributed by atoms with Gasteiger partial charge >= 0.3 is 12.0 Å². The first-order valence-corrected chi connectivity index (χ1v) is 6.35. The van der Waals surface area contributed by atoms with Crippen LogP contribution in [0.15, 0.2) is 12.1 Å². The van der Waals surface area contributed by atoms with E-state index in [-0.39, 0.29) is 21.3 Å². The summed E-state index contributed by atoms with van der Waals surface area (Å²) in [6, 6.07) is 2.09. The molecule has 1 aromatic rings. The van der Waals surface area contributed by atoms with Gasteiger partial charge in [-0.15, -0.1) is 0 Å². The van der Waals surface area contributed by atoms with E-state index in [0.717, 1.165) is 0 Å². The Bertz CT molecular complexity index is 522. The van der Waals surface area contributed by atoms with Crippen LogP contribution in [0.3, 0.4) is 0 Å². The predicted octanol–water partition coefficient (Wildman–Crippen LogP) is 2.80. The number of nitrogens with one attached hydrogen (secondary N) is 1. The first kappa shape index (κ1) is 16.6. The number of hydrogen-bond donors (Lipinski definition) is 2. The molecular weight excluding hydrogens is 307 g/mol. The van der Waals surface area contributed by atoms with Crippen molar-refractivity contribution in [2.75, 3.05) is 32.6 Å². The molecule has 1 aromatic carbocycles. The average Bonchev–Trinajstić information content (AvgIpc) is 2.38.